The van der Waals surface area contributed by atoms with E-state index in [0.717, 1.165) is 29.2 Å². The van der Waals surface area contributed by atoms with Crippen LogP contribution in [0.1, 0.15) is 31.2 Å². The average Bonchev–Trinajstić information content (AvgIpc) is 3.16. The first-order chi connectivity index (χ1) is 9.85. The Morgan fingerprint density at radius 2 is 2.15 bits per heavy atom. The van der Waals surface area contributed by atoms with E-state index < -0.39 is 0 Å². The second kappa shape index (κ2) is 5.85. The molecule has 1 aromatic carbocycles. The summed E-state index contributed by atoms with van der Waals surface area (Å²) in [6.45, 7) is 0. The molecule has 0 bridgehead atoms. The van der Waals surface area contributed by atoms with Crippen LogP contribution < -0.4 is 5.43 Å². The number of rotatable bonds is 3. The van der Waals surface area contributed by atoms with E-state index in [0.29, 0.717) is 5.56 Å². The summed E-state index contributed by atoms with van der Waals surface area (Å²) in [5, 5.41) is 16.1. The van der Waals surface area contributed by atoms with E-state index >= 15 is 0 Å². The van der Waals surface area contributed by atoms with Crippen molar-refractivity contribution in [2.24, 2.45) is 5.10 Å². The maximum atomic E-state index is 8.92. The van der Waals surface area contributed by atoms with E-state index in [1.165, 1.54) is 29.9 Å². The summed E-state index contributed by atoms with van der Waals surface area (Å²) in [5.41, 5.74) is 6.75. The number of hydrazone groups is 1. The minimum atomic E-state index is 0.649. The molecule has 0 atom stereocenters. The third kappa shape index (κ3) is 2.86. The van der Waals surface area contributed by atoms with Crippen molar-refractivity contribution >= 4 is 22.2 Å². The van der Waals surface area contributed by atoms with Crippen LogP contribution in [0.3, 0.4) is 0 Å². The lowest BCUT2D eigenvalue weighted by Crippen LogP contribution is -1.95. The zero-order chi connectivity index (χ0) is 13.8. The molecule has 0 aliphatic heterocycles. The molecule has 1 fully saturated rings. The van der Waals surface area contributed by atoms with E-state index in [9.17, 15) is 0 Å². The van der Waals surface area contributed by atoms with Crippen molar-refractivity contribution in [2.45, 2.75) is 25.7 Å². The van der Waals surface area contributed by atoms with Crippen molar-refractivity contribution in [2.75, 3.05) is 5.43 Å². The molecule has 0 amide bonds. The lowest BCUT2D eigenvalue weighted by molar-refractivity contribution is 0.886. The van der Waals surface area contributed by atoms with Crippen molar-refractivity contribution < 1.29 is 0 Å². The molecule has 0 radical (unpaired) electrons. The lowest BCUT2D eigenvalue weighted by Gasteiger charge is -1.98. The van der Waals surface area contributed by atoms with E-state index in [-0.39, 0.29) is 0 Å². The summed E-state index contributed by atoms with van der Waals surface area (Å²) in [5.74, 6) is 0. The first kappa shape index (κ1) is 12.8. The fourth-order valence-corrected chi connectivity index (χ4v) is 2.89. The summed E-state index contributed by atoms with van der Waals surface area (Å²) >= 11 is 1.53. The first-order valence-electron chi connectivity index (χ1n) is 6.63. The van der Waals surface area contributed by atoms with Crippen LogP contribution in [0.15, 0.2) is 34.7 Å². The second-order valence-electron chi connectivity index (χ2n) is 4.73. The molecular formula is C15H14N4S. The van der Waals surface area contributed by atoms with Gasteiger partial charge < -0.3 is 0 Å². The summed E-state index contributed by atoms with van der Waals surface area (Å²) in [7, 11) is 0. The molecule has 4 nitrogen and oxygen atoms in total. The summed E-state index contributed by atoms with van der Waals surface area (Å²) in [6.07, 6.45) is 4.67. The number of hydrogen-bond donors (Lipinski definition) is 1. The monoisotopic (exact) mass is 282 g/mol. The molecule has 0 spiro atoms. The van der Waals surface area contributed by atoms with Gasteiger partial charge in [-0.2, -0.15) is 10.4 Å². The molecule has 1 N–H and O–H groups in total. The highest BCUT2D eigenvalue weighted by atomic mass is 32.1. The minimum absolute atomic E-state index is 0.649. The molecule has 0 saturated heterocycles. The summed E-state index contributed by atoms with van der Waals surface area (Å²) in [4.78, 5) is 4.51. The zero-order valence-corrected chi connectivity index (χ0v) is 11.8. The SMILES string of the molecule is N#Cc1cccc(-c2csc(NN=C3CCCC3)n2)c1. The summed E-state index contributed by atoms with van der Waals surface area (Å²) in [6, 6.07) is 9.62. The molecule has 1 saturated carbocycles. The van der Waals surface area contributed by atoms with Gasteiger partial charge in [0.05, 0.1) is 17.3 Å². The topological polar surface area (TPSA) is 61.1 Å². The molecule has 2 aromatic rings. The molecule has 1 heterocycles. The highest BCUT2D eigenvalue weighted by molar-refractivity contribution is 7.14. The molecule has 1 aliphatic rings. The van der Waals surface area contributed by atoms with E-state index in [4.69, 9.17) is 5.26 Å². The third-order valence-corrected chi connectivity index (χ3v) is 4.03. The van der Waals surface area contributed by atoms with Crippen molar-refractivity contribution in [3.63, 3.8) is 0 Å². The van der Waals surface area contributed by atoms with Crippen molar-refractivity contribution in [1.82, 2.24) is 4.98 Å². The third-order valence-electron chi connectivity index (χ3n) is 3.28. The van der Waals surface area contributed by atoms with Gasteiger partial charge in [0.15, 0.2) is 0 Å². The molecule has 0 unspecified atom stereocenters. The number of hydrogen-bond acceptors (Lipinski definition) is 5. The number of aromatic nitrogens is 1. The highest BCUT2D eigenvalue weighted by Gasteiger charge is 2.09. The normalized spacial score (nSPS) is 14.1. The number of nitriles is 1. The number of thiazole rings is 1. The van der Waals surface area contributed by atoms with Crippen LogP contribution in [0.25, 0.3) is 11.3 Å². The fourth-order valence-electron chi connectivity index (χ4n) is 2.23. The average molecular weight is 282 g/mol. The first-order valence-corrected chi connectivity index (χ1v) is 7.50. The van der Waals surface area contributed by atoms with Gasteiger partial charge in [0.1, 0.15) is 0 Å². The number of anilines is 1. The quantitative estimate of drug-likeness (QED) is 0.865. The Hall–Kier alpha value is -2.19. The van der Waals surface area contributed by atoms with Crippen LogP contribution in [-0.2, 0) is 0 Å². The number of benzene rings is 1. The van der Waals surface area contributed by atoms with Crippen LogP contribution in [0, 0.1) is 11.3 Å². The van der Waals surface area contributed by atoms with Gasteiger partial charge >= 0.3 is 0 Å². The van der Waals surface area contributed by atoms with Gasteiger partial charge in [0.2, 0.25) is 5.13 Å². The van der Waals surface area contributed by atoms with Crippen LogP contribution in [0.2, 0.25) is 0 Å². The molecule has 20 heavy (non-hydrogen) atoms. The Kier molecular flexibility index (Phi) is 3.75. The van der Waals surface area contributed by atoms with E-state index in [1.807, 2.05) is 23.6 Å². The predicted molar refractivity (Wildman–Crippen MR) is 81.8 cm³/mol. The lowest BCUT2D eigenvalue weighted by atomic mass is 10.1. The summed E-state index contributed by atoms with van der Waals surface area (Å²) < 4.78 is 0. The van der Waals surface area contributed by atoms with Crippen molar-refractivity contribution in [3.05, 3.63) is 35.2 Å². The predicted octanol–water partition coefficient (Wildman–Crippen LogP) is 4.02. The Balaban J connectivity index is 1.76. The van der Waals surface area contributed by atoms with Crippen LogP contribution in [-0.4, -0.2) is 10.7 Å². The van der Waals surface area contributed by atoms with Crippen LogP contribution in [0.4, 0.5) is 5.13 Å². The van der Waals surface area contributed by atoms with Gasteiger partial charge in [-0.05, 0) is 37.8 Å². The Labute approximate surface area is 121 Å². The molecule has 3 rings (SSSR count). The largest absolute Gasteiger partial charge is 0.253 e. The van der Waals surface area contributed by atoms with Crippen LogP contribution in [0.5, 0.6) is 0 Å². The molecule has 1 aliphatic carbocycles. The number of nitrogens with zero attached hydrogens (tertiary/aromatic N) is 3. The van der Waals surface area contributed by atoms with Crippen molar-refractivity contribution in [1.29, 1.82) is 5.26 Å². The minimum Gasteiger partial charge on any atom is -0.253 e. The maximum Gasteiger partial charge on any atom is 0.203 e. The molecule has 5 heteroatoms. The zero-order valence-electron chi connectivity index (χ0n) is 11.0. The maximum absolute atomic E-state index is 8.92. The van der Waals surface area contributed by atoms with Crippen LogP contribution >= 0.6 is 11.3 Å². The molecular weight excluding hydrogens is 268 g/mol. The smallest absolute Gasteiger partial charge is 0.203 e. The van der Waals surface area contributed by atoms with E-state index in [1.54, 1.807) is 6.07 Å². The van der Waals surface area contributed by atoms with Gasteiger partial charge in [-0.15, -0.1) is 11.3 Å². The van der Waals surface area contributed by atoms with E-state index in [2.05, 4.69) is 21.6 Å². The van der Waals surface area contributed by atoms with Gasteiger partial charge in [0, 0.05) is 16.7 Å². The Bertz CT molecular complexity index is 673. The van der Waals surface area contributed by atoms with Gasteiger partial charge in [-0.1, -0.05) is 12.1 Å². The standard InChI is InChI=1S/C15H14N4S/c16-9-11-4-3-5-12(8-11)14-10-20-15(17-14)19-18-13-6-1-2-7-13/h3-5,8,10H,1-2,6-7H2,(H,17,19). The van der Waals surface area contributed by atoms with Gasteiger partial charge in [-0.25, -0.2) is 4.98 Å². The molecule has 1 aromatic heterocycles. The highest BCUT2D eigenvalue weighted by Crippen LogP contribution is 2.25. The second-order valence-corrected chi connectivity index (χ2v) is 5.59. The fraction of sp³-hybridized carbons (Fsp3) is 0.267. The van der Waals surface area contributed by atoms with Gasteiger partial charge in [-0.3, -0.25) is 5.43 Å². The Morgan fingerprint density at radius 3 is 2.95 bits per heavy atom. The number of nitrogens with one attached hydrogen (secondary N) is 1. The van der Waals surface area contributed by atoms with Crippen molar-refractivity contribution in [3.8, 4) is 17.3 Å². The molecule has 100 valence electrons. The Morgan fingerprint density at radius 1 is 1.30 bits per heavy atom. The van der Waals surface area contributed by atoms with Gasteiger partial charge in [0.25, 0.3) is 0 Å².